The van der Waals surface area contributed by atoms with Gasteiger partial charge in [0.15, 0.2) is 5.78 Å². The Morgan fingerprint density at radius 3 is 2.58 bits per heavy atom. The number of rotatable bonds is 4. The molecule has 0 aromatic heterocycles. The minimum atomic E-state index is -0.478. The lowest BCUT2D eigenvalue weighted by Gasteiger charge is -2.28. The number of hydrogen-bond acceptors (Lipinski definition) is 3. The van der Waals surface area contributed by atoms with Crippen LogP contribution in [0.4, 0.5) is 4.79 Å². The smallest absolute Gasteiger partial charge is 0.322 e. The Kier molecular flexibility index (Phi) is 3.85. The van der Waals surface area contributed by atoms with Gasteiger partial charge in [0.2, 0.25) is 5.88 Å². The number of benzene rings is 1. The molecular formula is C14H16N2O3. The summed E-state index contributed by atoms with van der Waals surface area (Å²) in [6.45, 7) is 3.65. The highest BCUT2D eigenvalue weighted by molar-refractivity contribution is 5.98. The van der Waals surface area contributed by atoms with E-state index in [2.05, 4.69) is 10.6 Å². The van der Waals surface area contributed by atoms with Gasteiger partial charge in [0.05, 0.1) is 18.2 Å². The molecule has 0 aliphatic carbocycles. The molecule has 1 aromatic rings. The molecule has 0 radical (unpaired) electrons. The van der Waals surface area contributed by atoms with Crippen LogP contribution in [-0.4, -0.2) is 18.4 Å². The van der Waals surface area contributed by atoms with Gasteiger partial charge in [-0.2, -0.15) is 0 Å². The van der Waals surface area contributed by atoms with E-state index < -0.39 is 6.04 Å². The number of Topliss-reactive ketones (excluding diaryl/α,β-unsaturated/α-hetero) is 1. The molecule has 100 valence electrons. The molecule has 0 fully saturated rings. The van der Waals surface area contributed by atoms with Gasteiger partial charge in [-0.05, 0) is 19.4 Å². The van der Waals surface area contributed by atoms with Crippen LogP contribution in [0.15, 0.2) is 41.8 Å². The Morgan fingerprint density at radius 1 is 1.32 bits per heavy atom. The number of urea groups is 1. The Bertz CT molecular complexity index is 523. The molecule has 5 heteroatoms. The van der Waals surface area contributed by atoms with Crippen molar-refractivity contribution >= 4 is 11.8 Å². The average Bonchev–Trinajstić information content (AvgIpc) is 2.39. The Labute approximate surface area is 111 Å². The zero-order valence-corrected chi connectivity index (χ0v) is 10.9. The van der Waals surface area contributed by atoms with Crippen molar-refractivity contribution in [2.24, 2.45) is 0 Å². The molecule has 19 heavy (non-hydrogen) atoms. The third-order valence-electron chi connectivity index (χ3n) is 2.84. The number of carbonyl (C=O) groups is 2. The quantitative estimate of drug-likeness (QED) is 0.868. The van der Waals surface area contributed by atoms with Crippen LogP contribution in [-0.2, 0) is 9.53 Å². The van der Waals surface area contributed by atoms with Gasteiger partial charge in [-0.15, -0.1) is 0 Å². The molecular weight excluding hydrogens is 244 g/mol. The van der Waals surface area contributed by atoms with Gasteiger partial charge < -0.3 is 10.1 Å². The summed E-state index contributed by atoms with van der Waals surface area (Å²) in [4.78, 5) is 23.5. The Balaban J connectivity index is 2.48. The predicted molar refractivity (Wildman–Crippen MR) is 70.2 cm³/mol. The van der Waals surface area contributed by atoms with Crippen molar-refractivity contribution in [3.63, 3.8) is 0 Å². The van der Waals surface area contributed by atoms with Crippen molar-refractivity contribution in [2.75, 3.05) is 6.61 Å². The van der Waals surface area contributed by atoms with Crippen LogP contribution in [0, 0.1) is 0 Å². The van der Waals surface area contributed by atoms with Gasteiger partial charge in [-0.1, -0.05) is 30.3 Å². The molecule has 5 nitrogen and oxygen atoms in total. The van der Waals surface area contributed by atoms with Crippen LogP contribution in [0.25, 0.3) is 0 Å². The summed E-state index contributed by atoms with van der Waals surface area (Å²) in [5, 5.41) is 5.28. The maximum absolute atomic E-state index is 11.8. The summed E-state index contributed by atoms with van der Waals surface area (Å²) in [7, 11) is 0. The van der Waals surface area contributed by atoms with Crippen molar-refractivity contribution in [1.29, 1.82) is 0 Å². The predicted octanol–water partition coefficient (Wildman–Crippen LogP) is 1.88. The van der Waals surface area contributed by atoms with Gasteiger partial charge in [0.1, 0.15) is 0 Å². The highest BCUT2D eigenvalue weighted by atomic mass is 16.5. The highest BCUT2D eigenvalue weighted by Crippen LogP contribution is 2.27. The zero-order chi connectivity index (χ0) is 13.8. The topological polar surface area (TPSA) is 67.4 Å². The number of nitrogens with one attached hydrogen (secondary N) is 2. The minimum Gasteiger partial charge on any atom is -0.479 e. The maximum atomic E-state index is 11.8. The van der Waals surface area contributed by atoms with Crippen LogP contribution in [0.1, 0.15) is 25.5 Å². The first-order chi connectivity index (χ1) is 9.13. The highest BCUT2D eigenvalue weighted by Gasteiger charge is 2.31. The first kappa shape index (κ1) is 13.1. The molecule has 1 atom stereocenters. The fraction of sp³-hybridized carbons (Fsp3) is 0.286. The van der Waals surface area contributed by atoms with Gasteiger partial charge >= 0.3 is 6.03 Å². The Hall–Kier alpha value is -2.30. The average molecular weight is 260 g/mol. The van der Waals surface area contributed by atoms with E-state index in [9.17, 15) is 9.59 Å². The second kappa shape index (κ2) is 5.56. The summed E-state index contributed by atoms with van der Waals surface area (Å²) < 4.78 is 5.37. The molecule has 0 saturated carbocycles. The Morgan fingerprint density at radius 2 is 2.00 bits per heavy atom. The van der Waals surface area contributed by atoms with E-state index in [1.807, 2.05) is 30.3 Å². The van der Waals surface area contributed by atoms with Crippen molar-refractivity contribution in [1.82, 2.24) is 10.6 Å². The van der Waals surface area contributed by atoms with Gasteiger partial charge in [-0.25, -0.2) is 4.79 Å². The SMILES string of the molecule is CCOC1=C(C(C)=O)C(c2ccccc2)NC(=O)N1. The van der Waals surface area contributed by atoms with Gasteiger partial charge in [0, 0.05) is 0 Å². The van der Waals surface area contributed by atoms with E-state index in [1.165, 1.54) is 6.92 Å². The molecule has 0 bridgehead atoms. The summed E-state index contributed by atoms with van der Waals surface area (Å²) >= 11 is 0. The van der Waals surface area contributed by atoms with Crippen molar-refractivity contribution in [2.45, 2.75) is 19.9 Å². The molecule has 1 aliphatic rings. The number of amides is 2. The van der Waals surface area contributed by atoms with Crippen LogP contribution in [0.2, 0.25) is 0 Å². The largest absolute Gasteiger partial charge is 0.479 e. The lowest BCUT2D eigenvalue weighted by molar-refractivity contribution is -0.114. The number of ether oxygens (including phenoxy) is 1. The summed E-state index contributed by atoms with van der Waals surface area (Å²) in [5.74, 6) is 0.109. The molecule has 2 rings (SSSR count). The summed E-state index contributed by atoms with van der Waals surface area (Å²) in [6.07, 6.45) is 0. The van der Waals surface area contributed by atoms with Crippen molar-refractivity contribution in [3.05, 3.63) is 47.4 Å². The normalized spacial score (nSPS) is 18.6. The monoisotopic (exact) mass is 260 g/mol. The van der Waals surface area contributed by atoms with E-state index in [1.54, 1.807) is 6.92 Å². The van der Waals surface area contributed by atoms with E-state index >= 15 is 0 Å². The molecule has 0 spiro atoms. The standard InChI is InChI=1S/C14H16N2O3/c1-3-19-13-11(9(2)17)12(15-14(18)16-13)10-7-5-4-6-8-10/h4-8,12H,3H2,1-2H3,(H2,15,16,18). The van der Waals surface area contributed by atoms with Gasteiger partial charge in [0.25, 0.3) is 0 Å². The second-order valence-electron chi connectivity index (χ2n) is 4.17. The summed E-state index contributed by atoms with van der Waals surface area (Å²) in [5.41, 5.74) is 1.28. The molecule has 1 aliphatic heterocycles. The number of ketones is 1. The number of hydrogen-bond donors (Lipinski definition) is 2. The first-order valence-electron chi connectivity index (χ1n) is 6.13. The van der Waals surface area contributed by atoms with E-state index in [4.69, 9.17) is 4.74 Å². The third kappa shape index (κ3) is 2.76. The molecule has 1 unspecified atom stereocenters. The lowest BCUT2D eigenvalue weighted by Crippen LogP contribution is -2.46. The van der Waals surface area contributed by atoms with E-state index in [0.29, 0.717) is 12.2 Å². The fourth-order valence-corrected chi connectivity index (χ4v) is 2.06. The lowest BCUT2D eigenvalue weighted by atomic mass is 9.95. The zero-order valence-electron chi connectivity index (χ0n) is 10.9. The van der Waals surface area contributed by atoms with E-state index in [-0.39, 0.29) is 17.7 Å². The van der Waals surface area contributed by atoms with Crippen LogP contribution in [0.5, 0.6) is 0 Å². The third-order valence-corrected chi connectivity index (χ3v) is 2.84. The second-order valence-corrected chi connectivity index (χ2v) is 4.17. The van der Waals surface area contributed by atoms with Crippen LogP contribution in [0.3, 0.4) is 0 Å². The van der Waals surface area contributed by atoms with Crippen LogP contribution >= 0.6 is 0 Å². The molecule has 1 heterocycles. The van der Waals surface area contributed by atoms with Gasteiger partial charge in [-0.3, -0.25) is 10.1 Å². The fourth-order valence-electron chi connectivity index (χ4n) is 2.06. The van der Waals surface area contributed by atoms with Crippen molar-refractivity contribution < 1.29 is 14.3 Å². The van der Waals surface area contributed by atoms with E-state index in [0.717, 1.165) is 5.56 Å². The number of carbonyl (C=O) groups excluding carboxylic acids is 2. The maximum Gasteiger partial charge on any atom is 0.322 e. The molecule has 0 saturated heterocycles. The van der Waals surface area contributed by atoms with Crippen molar-refractivity contribution in [3.8, 4) is 0 Å². The minimum absolute atomic E-state index is 0.134. The molecule has 2 N–H and O–H groups in total. The molecule has 2 amide bonds. The van der Waals surface area contributed by atoms with Crippen LogP contribution < -0.4 is 10.6 Å². The molecule has 1 aromatic carbocycles. The first-order valence-corrected chi connectivity index (χ1v) is 6.13. The summed E-state index contributed by atoms with van der Waals surface area (Å²) in [6, 6.07) is 8.48.